The van der Waals surface area contributed by atoms with Gasteiger partial charge in [-0.25, -0.2) is 9.59 Å². The fourth-order valence-electron chi connectivity index (χ4n) is 8.48. The second kappa shape index (κ2) is 19.0. The summed E-state index contributed by atoms with van der Waals surface area (Å²) in [4.78, 5) is 24.7. The smallest absolute Gasteiger partial charge is 0.343 e. The maximum Gasteiger partial charge on any atom is 0.343 e. The fourth-order valence-corrected chi connectivity index (χ4v) is 8.48. The van der Waals surface area contributed by atoms with Crippen molar-refractivity contribution in [3.05, 3.63) is 162 Å². The predicted molar refractivity (Wildman–Crippen MR) is 244 cm³/mol. The van der Waals surface area contributed by atoms with Crippen LogP contribution in [0.2, 0.25) is 0 Å². The Morgan fingerprint density at radius 2 is 0.921 bits per heavy atom. The van der Waals surface area contributed by atoms with Gasteiger partial charge in [0.1, 0.15) is 34.5 Å². The minimum absolute atomic E-state index is 0.191. The summed E-state index contributed by atoms with van der Waals surface area (Å²) in [5, 5.41) is 43.4. The van der Waals surface area contributed by atoms with Crippen LogP contribution in [-0.2, 0) is 31.9 Å². The van der Waals surface area contributed by atoms with E-state index in [1.165, 1.54) is 14.2 Å². The third-order valence-corrected chi connectivity index (χ3v) is 11.7. The van der Waals surface area contributed by atoms with Crippen LogP contribution in [0.4, 0.5) is 0 Å². The van der Waals surface area contributed by atoms with E-state index in [9.17, 15) is 30.0 Å². The minimum atomic E-state index is -0.533. The molecule has 0 atom stereocenters. The van der Waals surface area contributed by atoms with Crippen LogP contribution in [0.5, 0.6) is 34.5 Å². The number of hydrogen-bond acceptors (Lipinski definition) is 10. The summed E-state index contributed by atoms with van der Waals surface area (Å²) in [7, 11) is 2.62. The Morgan fingerprint density at radius 1 is 0.492 bits per heavy atom. The molecule has 0 bridgehead atoms. The third-order valence-electron chi connectivity index (χ3n) is 11.7. The Bertz CT molecular complexity index is 2600. The van der Waals surface area contributed by atoms with Gasteiger partial charge in [-0.2, -0.15) is 0 Å². The Hall–Kier alpha value is -6.94. The van der Waals surface area contributed by atoms with Crippen LogP contribution in [0, 0.1) is 55.4 Å². The molecule has 10 heteroatoms. The van der Waals surface area contributed by atoms with E-state index in [4.69, 9.17) is 18.9 Å². The van der Waals surface area contributed by atoms with Gasteiger partial charge in [0.15, 0.2) is 13.2 Å². The molecule has 6 rings (SSSR count). The van der Waals surface area contributed by atoms with Gasteiger partial charge < -0.3 is 39.4 Å². The molecule has 4 N–H and O–H groups in total. The minimum Gasteiger partial charge on any atom is -0.507 e. The molecule has 0 saturated carbocycles. The van der Waals surface area contributed by atoms with Crippen LogP contribution in [0.3, 0.4) is 0 Å². The highest BCUT2D eigenvalue weighted by molar-refractivity contribution is 5.77. The molecule has 0 amide bonds. The molecule has 0 aliphatic heterocycles. The number of aromatic hydroxyl groups is 4. The van der Waals surface area contributed by atoms with Crippen LogP contribution in [0.1, 0.15) is 89.4 Å². The van der Waals surface area contributed by atoms with E-state index in [2.05, 4.69) is 12.1 Å². The molecule has 0 spiro atoms. The van der Waals surface area contributed by atoms with Crippen molar-refractivity contribution in [2.75, 3.05) is 27.4 Å². The number of esters is 2. The summed E-state index contributed by atoms with van der Waals surface area (Å²) in [6.07, 6.45) is 0.854. The number of phenols is 4. The number of benzene rings is 6. The van der Waals surface area contributed by atoms with Crippen molar-refractivity contribution in [3.63, 3.8) is 0 Å². The summed E-state index contributed by atoms with van der Waals surface area (Å²) in [6, 6.07) is 25.3. The second-order valence-electron chi connectivity index (χ2n) is 16.5. The first-order valence-corrected chi connectivity index (χ1v) is 20.8. The molecule has 6 aromatic carbocycles. The van der Waals surface area contributed by atoms with Gasteiger partial charge in [0.2, 0.25) is 0 Å². The Balaban J connectivity index is 1.50. The van der Waals surface area contributed by atoms with E-state index in [0.29, 0.717) is 68.8 Å². The number of hydrogen-bond donors (Lipinski definition) is 4. The first kappa shape index (κ1) is 45.6. The maximum atomic E-state index is 12.4. The lowest BCUT2D eigenvalue weighted by molar-refractivity contribution is -0.143. The summed E-state index contributed by atoms with van der Waals surface area (Å²) in [5.74, 6) is 0.304. The molecule has 0 aromatic heterocycles. The lowest BCUT2D eigenvalue weighted by atomic mass is 9.81. The Morgan fingerprint density at radius 3 is 1.41 bits per heavy atom. The topological polar surface area (TPSA) is 152 Å². The zero-order valence-electron chi connectivity index (χ0n) is 37.6. The first-order chi connectivity index (χ1) is 29.9. The average molecular weight is 853 g/mol. The van der Waals surface area contributed by atoms with Crippen molar-refractivity contribution in [2.24, 2.45) is 0 Å². The molecule has 0 heterocycles. The Labute approximate surface area is 369 Å². The lowest BCUT2D eigenvalue weighted by Gasteiger charge is -2.25. The van der Waals surface area contributed by atoms with Gasteiger partial charge in [0, 0.05) is 17.9 Å². The standard InChI is InChI=1S/C53H56O10/c1-28-15-39(16-29(2)50(28)56)48-35(8)53(59)34(7)21-42(48)25-38-23-36(11-13-44(38)62-26-46(54)60-9)22-37-12-14-45(63-27-47(55)61-10)43(24-37)49(40-17-30(3)51(57)31(4)18-40)41-19-32(5)52(58)33(6)20-41/h11-21,23-24,49,56-59H,22,25-27H2,1-10H3. The maximum absolute atomic E-state index is 12.4. The lowest BCUT2D eigenvalue weighted by Crippen LogP contribution is -2.15. The summed E-state index contributed by atoms with van der Waals surface area (Å²) in [6.45, 7) is 14.3. The molecular weight excluding hydrogens is 797 g/mol. The number of rotatable bonds is 14. The van der Waals surface area contributed by atoms with Crippen molar-refractivity contribution in [3.8, 4) is 45.6 Å². The van der Waals surface area contributed by atoms with Crippen molar-refractivity contribution < 1.29 is 49.0 Å². The fraction of sp³-hybridized carbons (Fsp3) is 0.283. The number of carbonyl (C=O) groups excluding carboxylic acids is 2. The summed E-state index contributed by atoms with van der Waals surface area (Å²) in [5.41, 5.74) is 13.5. The normalized spacial score (nSPS) is 11.2. The molecule has 0 fully saturated rings. The second-order valence-corrected chi connectivity index (χ2v) is 16.5. The van der Waals surface area contributed by atoms with Crippen LogP contribution in [-0.4, -0.2) is 59.8 Å². The largest absolute Gasteiger partial charge is 0.507 e. The summed E-state index contributed by atoms with van der Waals surface area (Å²) < 4.78 is 22.1. The van der Waals surface area contributed by atoms with Crippen molar-refractivity contribution in [2.45, 2.75) is 74.1 Å². The number of phenolic OH excluding ortho intramolecular Hbond substituents is 4. The molecule has 328 valence electrons. The number of aryl methyl sites for hydroxylation is 7. The van der Waals surface area contributed by atoms with Gasteiger partial charge >= 0.3 is 11.9 Å². The van der Waals surface area contributed by atoms with E-state index in [1.807, 2.05) is 122 Å². The van der Waals surface area contributed by atoms with Gasteiger partial charge in [0.05, 0.1) is 14.2 Å². The number of carbonyl (C=O) groups is 2. The Kier molecular flexibility index (Phi) is 13.7. The van der Waals surface area contributed by atoms with Gasteiger partial charge in [-0.05, 0) is 175 Å². The summed E-state index contributed by atoms with van der Waals surface area (Å²) >= 11 is 0. The van der Waals surface area contributed by atoms with Gasteiger partial charge in [-0.15, -0.1) is 0 Å². The van der Waals surface area contributed by atoms with Crippen molar-refractivity contribution >= 4 is 11.9 Å². The SMILES string of the molecule is COC(=O)COc1ccc(Cc2ccc(OCC(=O)OC)c(C(c3cc(C)c(O)c(C)c3)c3cc(C)c(O)c(C)c3)c2)cc1Cc1cc(C)c(O)c(C)c1-c1cc(C)c(O)c(C)c1. The highest BCUT2D eigenvalue weighted by Crippen LogP contribution is 2.43. The molecule has 0 radical (unpaired) electrons. The van der Waals surface area contributed by atoms with Crippen molar-refractivity contribution in [1.82, 2.24) is 0 Å². The zero-order chi connectivity index (χ0) is 45.9. The van der Waals surface area contributed by atoms with Crippen LogP contribution < -0.4 is 9.47 Å². The van der Waals surface area contributed by atoms with Gasteiger partial charge in [-0.1, -0.05) is 54.6 Å². The van der Waals surface area contributed by atoms with Crippen molar-refractivity contribution in [1.29, 1.82) is 0 Å². The third kappa shape index (κ3) is 9.91. The van der Waals surface area contributed by atoms with E-state index < -0.39 is 17.9 Å². The van der Waals surface area contributed by atoms with E-state index in [1.54, 1.807) is 0 Å². The van der Waals surface area contributed by atoms with Crippen LogP contribution in [0.25, 0.3) is 11.1 Å². The van der Waals surface area contributed by atoms with Crippen LogP contribution >= 0.6 is 0 Å². The predicted octanol–water partition coefficient (Wildman–Crippen LogP) is 10.1. The molecule has 0 aliphatic rings. The average Bonchev–Trinajstić information content (AvgIpc) is 3.24. The molecule has 0 aliphatic carbocycles. The first-order valence-electron chi connectivity index (χ1n) is 20.8. The zero-order valence-corrected chi connectivity index (χ0v) is 37.6. The molecule has 63 heavy (non-hydrogen) atoms. The van der Waals surface area contributed by atoms with Gasteiger partial charge in [0.25, 0.3) is 0 Å². The molecule has 0 saturated heterocycles. The van der Waals surface area contributed by atoms with Gasteiger partial charge in [-0.3, -0.25) is 0 Å². The van der Waals surface area contributed by atoms with E-state index in [0.717, 1.165) is 50.1 Å². The van der Waals surface area contributed by atoms with Crippen LogP contribution in [0.15, 0.2) is 78.9 Å². The molecule has 6 aromatic rings. The molecule has 0 unspecified atom stereocenters. The number of methoxy groups -OCH3 is 2. The molecule has 10 nitrogen and oxygen atoms in total. The van der Waals surface area contributed by atoms with E-state index >= 15 is 0 Å². The van der Waals surface area contributed by atoms with E-state index in [-0.39, 0.29) is 36.2 Å². The molecular formula is C53H56O10. The quantitative estimate of drug-likeness (QED) is 0.0616. The highest BCUT2D eigenvalue weighted by Gasteiger charge is 2.26. The monoisotopic (exact) mass is 852 g/mol. The number of ether oxygens (including phenoxy) is 4. The highest BCUT2D eigenvalue weighted by atomic mass is 16.6.